The van der Waals surface area contributed by atoms with Gasteiger partial charge in [-0.1, -0.05) is 121 Å². The summed E-state index contributed by atoms with van der Waals surface area (Å²) in [5.74, 6) is 2.44. The van der Waals surface area contributed by atoms with Gasteiger partial charge in [-0.3, -0.25) is 0 Å². The Kier molecular flexibility index (Phi) is 6.00. The lowest BCUT2D eigenvalue weighted by Gasteiger charge is -2.32. The predicted molar refractivity (Wildman–Crippen MR) is 195 cm³/mol. The second-order valence-corrected chi connectivity index (χ2v) is 12.5. The van der Waals surface area contributed by atoms with E-state index in [1.54, 1.807) is 0 Å². The molecule has 0 saturated carbocycles. The van der Waals surface area contributed by atoms with E-state index in [0.717, 1.165) is 79.0 Å². The minimum atomic E-state index is -0.262. The smallest absolute Gasteiger partial charge is 0.159 e. The molecule has 5 heteroatoms. The Balaban J connectivity index is 1.15. The number of rotatable bonds is 4. The van der Waals surface area contributed by atoms with Crippen molar-refractivity contribution in [2.45, 2.75) is 18.5 Å². The molecule has 228 valence electrons. The Morgan fingerprint density at radius 2 is 1.31 bits per heavy atom. The van der Waals surface area contributed by atoms with E-state index in [-0.39, 0.29) is 12.1 Å². The number of fused-ring (bicyclic) bond motifs is 7. The fourth-order valence-corrected chi connectivity index (χ4v) is 7.48. The highest BCUT2D eigenvalue weighted by atomic mass is 16.3. The van der Waals surface area contributed by atoms with Gasteiger partial charge in [-0.05, 0) is 47.0 Å². The fourth-order valence-electron chi connectivity index (χ4n) is 7.48. The van der Waals surface area contributed by atoms with Crippen LogP contribution in [0.4, 0.5) is 0 Å². The van der Waals surface area contributed by atoms with Gasteiger partial charge in [0.25, 0.3) is 0 Å². The summed E-state index contributed by atoms with van der Waals surface area (Å²) >= 11 is 0. The van der Waals surface area contributed by atoms with Crippen LogP contribution in [-0.4, -0.2) is 17.8 Å². The molecule has 0 spiro atoms. The largest absolute Gasteiger partial charge is 0.456 e. The number of furan rings is 2. The molecule has 2 aliphatic rings. The monoisotopic (exact) mass is 619 g/mol. The molecule has 1 aliphatic carbocycles. The highest BCUT2D eigenvalue weighted by Crippen LogP contribution is 2.48. The van der Waals surface area contributed by atoms with E-state index in [4.69, 9.17) is 18.8 Å². The molecule has 5 nitrogen and oxygen atoms in total. The number of hydrogen-bond donors (Lipinski definition) is 1. The van der Waals surface area contributed by atoms with Crippen molar-refractivity contribution in [2.75, 3.05) is 0 Å². The molecule has 0 fully saturated rings. The van der Waals surface area contributed by atoms with Crippen molar-refractivity contribution in [3.8, 4) is 0 Å². The number of allylic oxidation sites excluding steroid dienone is 1. The average molecular weight is 620 g/mol. The van der Waals surface area contributed by atoms with Crippen LogP contribution in [-0.2, 0) is 0 Å². The zero-order valence-corrected chi connectivity index (χ0v) is 25.9. The topological polar surface area (TPSA) is 63.0 Å². The third kappa shape index (κ3) is 4.25. The van der Waals surface area contributed by atoms with E-state index < -0.39 is 0 Å². The molecule has 1 N–H and O–H groups in total. The Morgan fingerprint density at radius 1 is 0.604 bits per heavy atom. The van der Waals surface area contributed by atoms with Crippen molar-refractivity contribution in [1.29, 1.82) is 0 Å². The second-order valence-electron chi connectivity index (χ2n) is 12.5. The molecular formula is C43H29N3O2. The first-order chi connectivity index (χ1) is 23.8. The van der Waals surface area contributed by atoms with Crippen molar-refractivity contribution in [2.24, 2.45) is 9.98 Å². The van der Waals surface area contributed by atoms with E-state index in [9.17, 15) is 0 Å². The zero-order valence-electron chi connectivity index (χ0n) is 25.9. The quantitative estimate of drug-likeness (QED) is 0.213. The van der Waals surface area contributed by atoms with Gasteiger partial charge in [0.15, 0.2) is 5.84 Å². The van der Waals surface area contributed by atoms with E-state index >= 15 is 0 Å². The highest BCUT2D eigenvalue weighted by molar-refractivity contribution is 6.15. The van der Waals surface area contributed by atoms with Crippen LogP contribution in [0.15, 0.2) is 164 Å². The molecule has 0 radical (unpaired) electrons. The molecule has 0 bridgehead atoms. The fraction of sp³-hybridized carbons (Fsp3) is 0.0698. The number of aliphatic imine (C=N–C) groups is 2. The molecule has 10 rings (SSSR count). The van der Waals surface area contributed by atoms with Crippen molar-refractivity contribution < 1.29 is 8.83 Å². The third-order valence-corrected chi connectivity index (χ3v) is 9.70. The highest BCUT2D eigenvalue weighted by Gasteiger charge is 2.36. The first-order valence-corrected chi connectivity index (χ1v) is 16.4. The molecule has 1 aliphatic heterocycles. The number of amidine groups is 2. The SMILES string of the molecule is C1=C(c2cccc3oc4cc5ccccc5cc4c23)c2oc3ccccc3c2C(C2N=C(c3ccccc3)N=C(c3ccccc3)N2)C1. The molecule has 2 atom stereocenters. The number of nitrogens with zero attached hydrogens (tertiary/aromatic N) is 2. The summed E-state index contributed by atoms with van der Waals surface area (Å²) in [6.45, 7) is 0. The third-order valence-electron chi connectivity index (χ3n) is 9.70. The molecule has 8 aromatic rings. The number of nitrogens with one attached hydrogen (secondary N) is 1. The van der Waals surface area contributed by atoms with Gasteiger partial charge in [0.05, 0.1) is 0 Å². The molecule has 2 unspecified atom stereocenters. The Bertz CT molecular complexity index is 2630. The van der Waals surface area contributed by atoms with Gasteiger partial charge in [-0.2, -0.15) is 0 Å². The van der Waals surface area contributed by atoms with Crippen molar-refractivity contribution in [3.05, 3.63) is 174 Å². The van der Waals surface area contributed by atoms with Crippen LogP contribution in [0.3, 0.4) is 0 Å². The zero-order chi connectivity index (χ0) is 31.6. The maximum absolute atomic E-state index is 6.80. The summed E-state index contributed by atoms with van der Waals surface area (Å²) in [5.41, 5.74) is 8.01. The van der Waals surface area contributed by atoms with Crippen LogP contribution in [0.2, 0.25) is 0 Å². The van der Waals surface area contributed by atoms with Gasteiger partial charge in [0, 0.05) is 44.3 Å². The molecule has 2 aromatic heterocycles. The van der Waals surface area contributed by atoms with Gasteiger partial charge in [0.2, 0.25) is 0 Å². The summed E-state index contributed by atoms with van der Waals surface area (Å²) in [6.07, 6.45) is 2.84. The first kappa shape index (κ1) is 27.0. The van der Waals surface area contributed by atoms with Crippen LogP contribution in [0.25, 0.3) is 49.3 Å². The van der Waals surface area contributed by atoms with Gasteiger partial charge in [0.1, 0.15) is 34.5 Å². The van der Waals surface area contributed by atoms with Gasteiger partial charge in [-0.25, -0.2) is 9.98 Å². The lowest BCUT2D eigenvalue weighted by atomic mass is 9.81. The minimum Gasteiger partial charge on any atom is -0.456 e. The Labute approximate surface area is 276 Å². The summed E-state index contributed by atoms with van der Waals surface area (Å²) in [5, 5.41) is 9.41. The van der Waals surface area contributed by atoms with Gasteiger partial charge < -0.3 is 14.2 Å². The van der Waals surface area contributed by atoms with Gasteiger partial charge in [-0.15, -0.1) is 0 Å². The van der Waals surface area contributed by atoms with E-state index in [1.165, 1.54) is 16.3 Å². The normalized spacial score (nSPS) is 17.6. The van der Waals surface area contributed by atoms with Crippen molar-refractivity contribution in [1.82, 2.24) is 5.32 Å². The minimum absolute atomic E-state index is 0.00423. The van der Waals surface area contributed by atoms with Crippen LogP contribution in [0.5, 0.6) is 0 Å². The summed E-state index contributed by atoms with van der Waals surface area (Å²) in [6, 6.07) is 48.1. The van der Waals surface area contributed by atoms with Crippen molar-refractivity contribution >= 4 is 60.9 Å². The number of benzene rings is 6. The van der Waals surface area contributed by atoms with E-state index in [2.05, 4.69) is 108 Å². The van der Waals surface area contributed by atoms with Gasteiger partial charge >= 0.3 is 0 Å². The van der Waals surface area contributed by atoms with Crippen LogP contribution < -0.4 is 5.32 Å². The Morgan fingerprint density at radius 3 is 2.15 bits per heavy atom. The second kappa shape index (κ2) is 10.7. The Hall–Kier alpha value is -6.20. The van der Waals surface area contributed by atoms with E-state index in [0.29, 0.717) is 0 Å². The summed E-state index contributed by atoms with van der Waals surface area (Å²) in [4.78, 5) is 10.3. The summed E-state index contributed by atoms with van der Waals surface area (Å²) < 4.78 is 13.3. The van der Waals surface area contributed by atoms with E-state index in [1.807, 2.05) is 42.5 Å². The van der Waals surface area contributed by atoms with Crippen LogP contribution in [0.1, 0.15) is 40.4 Å². The lowest BCUT2D eigenvalue weighted by molar-refractivity contribution is 0.490. The molecule has 48 heavy (non-hydrogen) atoms. The predicted octanol–water partition coefficient (Wildman–Crippen LogP) is 10.2. The molecular weight excluding hydrogens is 590 g/mol. The lowest BCUT2D eigenvalue weighted by Crippen LogP contribution is -2.43. The first-order valence-electron chi connectivity index (χ1n) is 16.4. The molecule has 0 amide bonds. The standard InChI is InChI=1S/C43H29N3O2/c1-3-12-26(13-4-1)41-44-42(27-14-5-2-6-15-27)46-43(45-41)33-23-22-31(40-39(33)32-18-9-10-20-35(32)48-40)30-19-11-21-36-38(30)34-24-28-16-7-8-17-29(28)25-37(34)47-36/h1-22,24-25,33,43H,23H2,(H,44,45,46). The molecule has 0 saturated heterocycles. The summed E-state index contributed by atoms with van der Waals surface area (Å²) in [7, 11) is 0. The number of para-hydroxylation sites is 1. The van der Waals surface area contributed by atoms with Crippen molar-refractivity contribution in [3.63, 3.8) is 0 Å². The average Bonchev–Trinajstić information content (AvgIpc) is 3.72. The molecule has 3 heterocycles. The maximum atomic E-state index is 6.80. The number of hydrogen-bond acceptors (Lipinski definition) is 5. The van der Waals surface area contributed by atoms with Crippen LogP contribution in [0, 0.1) is 0 Å². The van der Waals surface area contributed by atoms with Crippen LogP contribution >= 0.6 is 0 Å². The molecule has 6 aromatic carbocycles. The maximum Gasteiger partial charge on any atom is 0.159 e.